The van der Waals surface area contributed by atoms with Crippen LogP contribution in [0.3, 0.4) is 0 Å². The first-order chi connectivity index (χ1) is 10.3. The Hall–Kier alpha value is -0.780. The van der Waals surface area contributed by atoms with Gasteiger partial charge in [0.25, 0.3) is 0 Å². The van der Waals surface area contributed by atoms with Crippen molar-refractivity contribution >= 4 is 0 Å². The zero-order valence-electron chi connectivity index (χ0n) is 17.2. The number of hydrogen-bond acceptors (Lipinski definition) is 0. The molecule has 154 valence electrons. The summed E-state index contributed by atoms with van der Waals surface area (Å²) in [5, 5.41) is 0. The molecule has 0 radical (unpaired) electrons. The Bertz CT molecular complexity index is 182. The van der Waals surface area contributed by atoms with Crippen LogP contribution >= 0.6 is 0 Å². The van der Waals surface area contributed by atoms with E-state index in [9.17, 15) is 0 Å². The van der Waals surface area contributed by atoms with E-state index in [1.807, 2.05) is 55.4 Å². The molecule has 0 nitrogen and oxygen atoms in total. The molecule has 0 bridgehead atoms. The highest BCUT2D eigenvalue weighted by atomic mass is 14.0. The van der Waals surface area contributed by atoms with E-state index >= 15 is 0 Å². The van der Waals surface area contributed by atoms with E-state index < -0.39 is 0 Å². The first-order valence-electron chi connectivity index (χ1n) is 9.37. The van der Waals surface area contributed by atoms with Gasteiger partial charge in [-0.15, -0.1) is 0 Å². The molecule has 0 heterocycles. The van der Waals surface area contributed by atoms with Gasteiger partial charge in [0.05, 0.1) is 0 Å². The summed E-state index contributed by atoms with van der Waals surface area (Å²) in [6, 6.07) is 0. The maximum atomic E-state index is 2.23. The van der Waals surface area contributed by atoms with Crippen LogP contribution in [0.15, 0.2) is 36.0 Å². The summed E-state index contributed by atoms with van der Waals surface area (Å²) >= 11 is 0. The first kappa shape index (κ1) is 49.5. The molecule has 0 N–H and O–H groups in total. The molecule has 0 fully saturated rings. The lowest BCUT2D eigenvalue weighted by Gasteiger charge is -1.94. The molecule has 0 amide bonds. The Morgan fingerprint density at radius 3 is 1.42 bits per heavy atom. The predicted molar refractivity (Wildman–Crippen MR) is 127 cm³/mol. The zero-order valence-corrected chi connectivity index (χ0v) is 17.2. The van der Waals surface area contributed by atoms with Crippen molar-refractivity contribution in [2.45, 2.75) is 124 Å². The van der Waals surface area contributed by atoms with Crippen molar-refractivity contribution in [2.75, 3.05) is 0 Å². The summed E-state index contributed by atoms with van der Waals surface area (Å²) in [5.41, 5.74) is 1.45. The fraction of sp³-hybridized carbons (Fsp3) is 0.750. The molecule has 0 aliphatic heterocycles. The molecule has 1 rings (SSSR count). The van der Waals surface area contributed by atoms with E-state index in [0.29, 0.717) is 0 Å². The van der Waals surface area contributed by atoms with E-state index in [0.717, 1.165) is 6.42 Å². The standard InChI is InChI=1S/C10H14.C3H8.4C2H6.3CH4/c1-2-7-10-8-5-3-4-6-9-10;1-3-2;4*1-2;;;/h3,5-6,8-9H,2,4,7H2,1H3;3H2,1-2H3;4*1-2H3;3*1H4. The normalized spacial score (nSPS) is 8.71. The second-order valence-electron chi connectivity index (χ2n) is 3.26. The van der Waals surface area contributed by atoms with Gasteiger partial charge in [-0.05, 0) is 18.4 Å². The Labute approximate surface area is 160 Å². The lowest BCUT2D eigenvalue weighted by molar-refractivity contribution is 0.926. The molecule has 24 heavy (non-hydrogen) atoms. The molecule has 1 aliphatic carbocycles. The lowest BCUT2D eigenvalue weighted by atomic mass is 10.1. The highest BCUT2D eigenvalue weighted by Gasteiger charge is 1.89. The van der Waals surface area contributed by atoms with E-state index in [-0.39, 0.29) is 22.3 Å². The predicted octanol–water partition coefficient (Wildman–Crippen LogP) is 10.7. The third-order valence-electron chi connectivity index (χ3n) is 1.59. The van der Waals surface area contributed by atoms with Crippen LogP contribution in [0.5, 0.6) is 0 Å². The number of allylic oxidation sites excluding steroid dienone is 6. The van der Waals surface area contributed by atoms with Crippen LogP contribution in [0.2, 0.25) is 0 Å². The fourth-order valence-electron chi connectivity index (χ4n) is 1.08. The molecule has 0 saturated heterocycles. The highest BCUT2D eigenvalue weighted by molar-refractivity contribution is 5.26. The summed E-state index contributed by atoms with van der Waals surface area (Å²) in [4.78, 5) is 0. The molecule has 1 aliphatic rings. The van der Waals surface area contributed by atoms with Gasteiger partial charge in [0, 0.05) is 0 Å². The average molecular weight is 347 g/mol. The van der Waals surface area contributed by atoms with Gasteiger partial charge in [-0.3, -0.25) is 0 Å². The minimum Gasteiger partial charge on any atom is -0.0807 e. The van der Waals surface area contributed by atoms with E-state index in [2.05, 4.69) is 51.2 Å². The summed E-state index contributed by atoms with van der Waals surface area (Å²) in [5.74, 6) is 0. The monoisotopic (exact) mass is 346 g/mol. The maximum absolute atomic E-state index is 2.23. The van der Waals surface area contributed by atoms with Crippen molar-refractivity contribution < 1.29 is 0 Å². The van der Waals surface area contributed by atoms with Gasteiger partial charge in [0.1, 0.15) is 0 Å². The number of rotatable bonds is 2. The number of hydrogen-bond donors (Lipinski definition) is 0. The Morgan fingerprint density at radius 1 is 0.708 bits per heavy atom. The smallest absolute Gasteiger partial charge is 0.0163 e. The van der Waals surface area contributed by atoms with Crippen LogP contribution in [-0.4, -0.2) is 0 Å². The van der Waals surface area contributed by atoms with E-state index in [1.165, 1.54) is 24.8 Å². The second-order valence-corrected chi connectivity index (χ2v) is 3.26. The van der Waals surface area contributed by atoms with Crippen LogP contribution in [-0.2, 0) is 0 Å². The lowest BCUT2D eigenvalue weighted by Crippen LogP contribution is -1.74. The Morgan fingerprint density at radius 2 is 1.08 bits per heavy atom. The average Bonchev–Trinajstić information content (AvgIpc) is 2.85. The van der Waals surface area contributed by atoms with E-state index in [4.69, 9.17) is 0 Å². The molecule has 0 heteroatoms. The zero-order chi connectivity index (χ0) is 17.9. The Kier molecular flexibility index (Phi) is 164. The largest absolute Gasteiger partial charge is 0.0807 e. The Balaban J connectivity index is -0.0000000264. The molecular formula is C24H58. The SMILES string of the molecule is C.C.C.CC.CC.CC.CC.CCC.CCCC1=CC=CCC=C1. The highest BCUT2D eigenvalue weighted by Crippen LogP contribution is 2.09. The first-order valence-corrected chi connectivity index (χ1v) is 9.37. The van der Waals surface area contributed by atoms with Crippen LogP contribution in [0.25, 0.3) is 0 Å². The van der Waals surface area contributed by atoms with Crippen LogP contribution in [0.4, 0.5) is 0 Å². The quantitative estimate of drug-likeness (QED) is 0.466. The third-order valence-corrected chi connectivity index (χ3v) is 1.59. The van der Waals surface area contributed by atoms with Crippen molar-refractivity contribution in [3.63, 3.8) is 0 Å². The van der Waals surface area contributed by atoms with Crippen molar-refractivity contribution in [3.8, 4) is 0 Å². The van der Waals surface area contributed by atoms with Crippen LogP contribution in [0.1, 0.15) is 124 Å². The van der Waals surface area contributed by atoms with Gasteiger partial charge in [-0.25, -0.2) is 0 Å². The van der Waals surface area contributed by atoms with Crippen LogP contribution in [0, 0.1) is 0 Å². The minimum atomic E-state index is 0. The summed E-state index contributed by atoms with van der Waals surface area (Å²) in [6.07, 6.45) is 15.8. The van der Waals surface area contributed by atoms with Crippen molar-refractivity contribution in [2.24, 2.45) is 0 Å². The molecule has 0 atom stereocenters. The van der Waals surface area contributed by atoms with Crippen LogP contribution < -0.4 is 0 Å². The summed E-state index contributed by atoms with van der Waals surface area (Å²) < 4.78 is 0. The van der Waals surface area contributed by atoms with Gasteiger partial charge in [-0.2, -0.15) is 0 Å². The maximum Gasteiger partial charge on any atom is -0.0163 e. The topological polar surface area (TPSA) is 0 Å². The summed E-state index contributed by atoms with van der Waals surface area (Å²) in [6.45, 7) is 22.5. The van der Waals surface area contributed by atoms with E-state index in [1.54, 1.807) is 0 Å². The van der Waals surface area contributed by atoms with Gasteiger partial charge >= 0.3 is 0 Å². The summed E-state index contributed by atoms with van der Waals surface area (Å²) in [7, 11) is 0. The minimum absolute atomic E-state index is 0. The van der Waals surface area contributed by atoms with Gasteiger partial charge in [0.2, 0.25) is 0 Å². The molecule has 0 unspecified atom stereocenters. The van der Waals surface area contributed by atoms with Gasteiger partial charge < -0.3 is 0 Å². The molecule has 0 aromatic heterocycles. The fourth-order valence-corrected chi connectivity index (χ4v) is 1.08. The van der Waals surface area contributed by atoms with Crippen molar-refractivity contribution in [1.29, 1.82) is 0 Å². The van der Waals surface area contributed by atoms with Crippen molar-refractivity contribution in [3.05, 3.63) is 36.0 Å². The molecule has 0 saturated carbocycles. The second kappa shape index (κ2) is 79.5. The molecule has 0 aromatic carbocycles. The molecular weight excluding hydrogens is 288 g/mol. The van der Waals surface area contributed by atoms with Gasteiger partial charge in [-0.1, -0.05) is 142 Å². The van der Waals surface area contributed by atoms with Crippen molar-refractivity contribution in [1.82, 2.24) is 0 Å². The third kappa shape index (κ3) is 68.9. The molecule has 0 aromatic rings. The van der Waals surface area contributed by atoms with Gasteiger partial charge in [0.15, 0.2) is 0 Å². The molecule has 0 spiro atoms.